The number of hydrogen-bond acceptors (Lipinski definition) is 5. The molecule has 0 aliphatic heterocycles. The Hall–Kier alpha value is -2.73. The van der Waals surface area contributed by atoms with Gasteiger partial charge in [-0.1, -0.05) is 18.2 Å². The molecule has 1 aliphatic carbocycles. The lowest BCUT2D eigenvalue weighted by Gasteiger charge is -2.08. The number of para-hydroxylation sites is 1. The Balaban J connectivity index is 1.59. The van der Waals surface area contributed by atoms with E-state index in [1.54, 1.807) is 11.3 Å². The molecule has 3 aromatic heterocycles. The van der Waals surface area contributed by atoms with Crippen molar-refractivity contribution in [2.24, 2.45) is 0 Å². The largest absolute Gasteiger partial charge is 0.323 e. The molecule has 1 saturated carbocycles. The molecule has 0 spiro atoms. The van der Waals surface area contributed by atoms with Crippen molar-refractivity contribution in [2.45, 2.75) is 18.8 Å². The van der Waals surface area contributed by atoms with Gasteiger partial charge in [0.1, 0.15) is 5.82 Å². The van der Waals surface area contributed by atoms with Crippen LogP contribution >= 0.6 is 11.3 Å². The number of nitrogens with zero attached hydrogens (tertiary/aromatic N) is 3. The summed E-state index contributed by atoms with van der Waals surface area (Å²) in [6, 6.07) is 14.2. The van der Waals surface area contributed by atoms with Crippen molar-refractivity contribution in [1.82, 2.24) is 20.2 Å². The molecule has 0 amide bonds. The fraction of sp³-hybridized carbons (Fsp3) is 0.167. The Morgan fingerprint density at radius 1 is 1.08 bits per heavy atom. The molecule has 2 N–H and O–H groups in total. The molecule has 0 unspecified atom stereocenters. The summed E-state index contributed by atoms with van der Waals surface area (Å²) >= 11 is 1.64. The van der Waals surface area contributed by atoms with E-state index < -0.39 is 0 Å². The van der Waals surface area contributed by atoms with E-state index in [2.05, 4.69) is 21.6 Å². The highest BCUT2D eigenvalue weighted by Crippen LogP contribution is 2.40. The molecule has 4 aromatic rings. The number of thiophene rings is 1. The van der Waals surface area contributed by atoms with Gasteiger partial charge in [0.15, 0.2) is 11.6 Å². The van der Waals surface area contributed by atoms with Gasteiger partial charge in [-0.3, -0.25) is 5.10 Å². The minimum Gasteiger partial charge on any atom is -0.323 e. The van der Waals surface area contributed by atoms with Crippen molar-refractivity contribution in [3.8, 4) is 10.7 Å². The van der Waals surface area contributed by atoms with E-state index in [1.807, 2.05) is 41.8 Å². The van der Waals surface area contributed by atoms with Crippen LogP contribution in [0.4, 0.5) is 11.6 Å². The summed E-state index contributed by atoms with van der Waals surface area (Å²) in [4.78, 5) is 10.5. The van der Waals surface area contributed by atoms with Crippen LogP contribution in [0.5, 0.6) is 0 Å². The number of anilines is 2. The fourth-order valence-corrected chi connectivity index (χ4v) is 3.47. The van der Waals surface area contributed by atoms with Gasteiger partial charge in [0.25, 0.3) is 0 Å². The number of nitrogens with one attached hydrogen (secondary N) is 2. The highest BCUT2D eigenvalue weighted by atomic mass is 32.1. The zero-order valence-corrected chi connectivity index (χ0v) is 13.7. The van der Waals surface area contributed by atoms with Gasteiger partial charge in [-0.2, -0.15) is 5.10 Å². The van der Waals surface area contributed by atoms with Gasteiger partial charge in [-0.05, 0) is 36.4 Å². The minimum atomic E-state index is 0.650. The summed E-state index contributed by atoms with van der Waals surface area (Å²) < 4.78 is 0. The van der Waals surface area contributed by atoms with Crippen LogP contribution in [0.1, 0.15) is 24.5 Å². The van der Waals surface area contributed by atoms with E-state index in [9.17, 15) is 0 Å². The Morgan fingerprint density at radius 2 is 2.00 bits per heavy atom. The van der Waals surface area contributed by atoms with Crippen LogP contribution in [0.3, 0.4) is 0 Å². The van der Waals surface area contributed by atoms with Crippen LogP contribution in [-0.2, 0) is 0 Å². The van der Waals surface area contributed by atoms with E-state index in [4.69, 9.17) is 9.97 Å². The lowest BCUT2D eigenvalue weighted by Crippen LogP contribution is -1.99. The SMILES string of the molecule is c1csc(-c2nc(Nc3cc(C4CC4)[nH]n3)c3ccccc3n2)c1. The van der Waals surface area contributed by atoms with E-state index in [1.165, 1.54) is 18.5 Å². The minimum absolute atomic E-state index is 0.650. The molecule has 6 heteroatoms. The molecule has 0 bridgehead atoms. The van der Waals surface area contributed by atoms with Crippen LogP contribution in [0.15, 0.2) is 47.8 Å². The van der Waals surface area contributed by atoms with Crippen molar-refractivity contribution in [3.05, 3.63) is 53.5 Å². The quantitative estimate of drug-likeness (QED) is 0.568. The van der Waals surface area contributed by atoms with Gasteiger partial charge < -0.3 is 5.32 Å². The van der Waals surface area contributed by atoms with Crippen LogP contribution in [-0.4, -0.2) is 20.2 Å². The predicted molar refractivity (Wildman–Crippen MR) is 96.7 cm³/mol. The Kier molecular flexibility index (Phi) is 3.09. The van der Waals surface area contributed by atoms with Gasteiger partial charge in [0, 0.05) is 23.1 Å². The number of fused-ring (bicyclic) bond motifs is 1. The zero-order valence-electron chi connectivity index (χ0n) is 12.9. The second-order valence-electron chi connectivity index (χ2n) is 6.00. The Labute approximate surface area is 142 Å². The summed E-state index contributed by atoms with van der Waals surface area (Å²) in [5.41, 5.74) is 2.13. The molecule has 0 atom stereocenters. The first kappa shape index (κ1) is 13.7. The molecule has 5 nitrogen and oxygen atoms in total. The van der Waals surface area contributed by atoms with Gasteiger partial charge in [-0.15, -0.1) is 11.3 Å². The smallest absolute Gasteiger partial charge is 0.172 e. The van der Waals surface area contributed by atoms with Gasteiger partial charge in [0.05, 0.1) is 10.4 Å². The average molecular weight is 333 g/mol. The third kappa shape index (κ3) is 2.45. The lowest BCUT2D eigenvalue weighted by molar-refractivity contribution is 0.966. The van der Waals surface area contributed by atoms with Crippen molar-refractivity contribution in [2.75, 3.05) is 5.32 Å². The van der Waals surface area contributed by atoms with E-state index in [-0.39, 0.29) is 0 Å². The third-order valence-electron chi connectivity index (χ3n) is 4.21. The maximum atomic E-state index is 4.74. The number of benzene rings is 1. The highest BCUT2D eigenvalue weighted by Gasteiger charge is 2.25. The van der Waals surface area contributed by atoms with Crippen LogP contribution in [0.25, 0.3) is 21.6 Å². The van der Waals surface area contributed by atoms with Crippen LogP contribution < -0.4 is 5.32 Å². The number of aromatic nitrogens is 4. The second kappa shape index (κ2) is 5.42. The molecule has 1 aliphatic rings. The second-order valence-corrected chi connectivity index (χ2v) is 6.95. The predicted octanol–water partition coefficient (Wildman–Crippen LogP) is 4.70. The summed E-state index contributed by atoms with van der Waals surface area (Å²) in [5.74, 6) is 2.98. The Morgan fingerprint density at radius 3 is 2.83 bits per heavy atom. The number of hydrogen-bond donors (Lipinski definition) is 2. The van der Waals surface area contributed by atoms with Gasteiger partial charge in [0.2, 0.25) is 0 Å². The molecule has 5 rings (SSSR count). The molecule has 24 heavy (non-hydrogen) atoms. The summed E-state index contributed by atoms with van der Waals surface area (Å²) in [6.07, 6.45) is 2.50. The maximum absolute atomic E-state index is 4.74. The maximum Gasteiger partial charge on any atom is 0.172 e. The van der Waals surface area contributed by atoms with Gasteiger partial charge >= 0.3 is 0 Å². The topological polar surface area (TPSA) is 66.5 Å². The molecule has 0 saturated heterocycles. The zero-order chi connectivity index (χ0) is 15.9. The molecule has 3 heterocycles. The van der Waals surface area contributed by atoms with Crippen LogP contribution in [0, 0.1) is 0 Å². The Bertz CT molecular complexity index is 1000. The number of H-pyrrole nitrogens is 1. The molecule has 118 valence electrons. The van der Waals surface area contributed by atoms with Crippen molar-refractivity contribution < 1.29 is 0 Å². The molecule has 0 radical (unpaired) electrons. The molecule has 1 fully saturated rings. The summed E-state index contributed by atoms with van der Waals surface area (Å²) in [5, 5.41) is 13.9. The number of aromatic amines is 1. The van der Waals surface area contributed by atoms with E-state index in [0.717, 1.165) is 33.2 Å². The summed E-state index contributed by atoms with van der Waals surface area (Å²) in [7, 11) is 0. The third-order valence-corrected chi connectivity index (χ3v) is 5.07. The molecular weight excluding hydrogens is 318 g/mol. The van der Waals surface area contributed by atoms with Crippen LogP contribution in [0.2, 0.25) is 0 Å². The summed E-state index contributed by atoms with van der Waals surface area (Å²) in [6.45, 7) is 0. The van der Waals surface area contributed by atoms with Crippen molar-refractivity contribution in [3.63, 3.8) is 0 Å². The first-order valence-corrected chi connectivity index (χ1v) is 8.88. The highest BCUT2D eigenvalue weighted by molar-refractivity contribution is 7.13. The van der Waals surface area contributed by atoms with E-state index >= 15 is 0 Å². The first-order chi connectivity index (χ1) is 11.9. The first-order valence-electron chi connectivity index (χ1n) is 8.00. The normalized spacial score (nSPS) is 14.2. The van der Waals surface area contributed by atoms with Gasteiger partial charge in [-0.25, -0.2) is 9.97 Å². The van der Waals surface area contributed by atoms with Crippen molar-refractivity contribution in [1.29, 1.82) is 0 Å². The molecule has 1 aromatic carbocycles. The average Bonchev–Trinajstić information content (AvgIpc) is 3.11. The monoisotopic (exact) mass is 333 g/mol. The molecular formula is C18H15N5S. The lowest BCUT2D eigenvalue weighted by atomic mass is 10.2. The van der Waals surface area contributed by atoms with E-state index in [0.29, 0.717) is 5.92 Å². The number of rotatable bonds is 4. The fourth-order valence-electron chi connectivity index (χ4n) is 2.81. The standard InChI is InChI=1S/C18H15N5S/c1-2-5-13-12(4-1)17(21-18(19-13)15-6-3-9-24-15)20-16-10-14(22-23-16)11-7-8-11/h1-6,9-11H,7-8H2,(H2,19,20,21,22,23). The van der Waals surface area contributed by atoms with Crippen molar-refractivity contribution >= 4 is 33.9 Å².